The van der Waals surface area contributed by atoms with Crippen LogP contribution in [-0.2, 0) is 13.2 Å². The minimum Gasteiger partial charge on any atom is -0.390 e. The first-order valence-electron chi connectivity index (χ1n) is 6.72. The molecular formula is C16H13ClFN3O. The molecule has 0 saturated heterocycles. The molecule has 6 heteroatoms. The first kappa shape index (κ1) is 14.7. The first-order chi connectivity index (χ1) is 10.7. The number of halogens is 2. The maximum Gasteiger partial charge on any atom is 0.128 e. The molecule has 1 N–H and O–H groups in total. The third kappa shape index (κ3) is 2.73. The van der Waals surface area contributed by atoms with Crippen LogP contribution in [0.4, 0.5) is 4.39 Å². The molecule has 0 fully saturated rings. The van der Waals surface area contributed by atoms with Crippen molar-refractivity contribution in [1.29, 1.82) is 0 Å². The van der Waals surface area contributed by atoms with Gasteiger partial charge in [-0.05, 0) is 12.1 Å². The quantitative estimate of drug-likeness (QED) is 0.803. The van der Waals surface area contributed by atoms with Crippen molar-refractivity contribution in [1.82, 2.24) is 15.0 Å². The summed E-state index contributed by atoms with van der Waals surface area (Å²) in [6.45, 7) is -0.0575. The molecule has 2 aromatic carbocycles. The lowest BCUT2D eigenvalue weighted by atomic mass is 10.1. The van der Waals surface area contributed by atoms with Crippen molar-refractivity contribution < 1.29 is 9.50 Å². The van der Waals surface area contributed by atoms with E-state index in [1.807, 2.05) is 18.2 Å². The zero-order chi connectivity index (χ0) is 15.5. The van der Waals surface area contributed by atoms with Gasteiger partial charge in [0.2, 0.25) is 0 Å². The zero-order valence-electron chi connectivity index (χ0n) is 11.6. The number of aromatic nitrogens is 3. The number of rotatable bonds is 4. The van der Waals surface area contributed by atoms with Gasteiger partial charge in [-0.2, -0.15) is 0 Å². The molecule has 4 nitrogen and oxygen atoms in total. The van der Waals surface area contributed by atoms with Gasteiger partial charge in [-0.1, -0.05) is 53.2 Å². The molecule has 0 aliphatic heterocycles. The Morgan fingerprint density at radius 2 is 1.82 bits per heavy atom. The maximum atomic E-state index is 13.8. The number of benzene rings is 2. The number of nitrogens with zero attached hydrogens (tertiary/aromatic N) is 3. The minimum absolute atomic E-state index is 0.209. The van der Waals surface area contributed by atoms with Gasteiger partial charge < -0.3 is 5.11 Å². The van der Waals surface area contributed by atoms with E-state index < -0.39 is 0 Å². The first-order valence-corrected chi connectivity index (χ1v) is 7.10. The van der Waals surface area contributed by atoms with E-state index in [2.05, 4.69) is 10.3 Å². The summed E-state index contributed by atoms with van der Waals surface area (Å²) >= 11 is 6.23. The van der Waals surface area contributed by atoms with Crippen LogP contribution in [0.3, 0.4) is 0 Å². The van der Waals surface area contributed by atoms with Crippen molar-refractivity contribution in [2.45, 2.75) is 13.2 Å². The normalized spacial score (nSPS) is 10.9. The van der Waals surface area contributed by atoms with Crippen LogP contribution in [0.2, 0.25) is 5.02 Å². The second-order valence-electron chi connectivity index (χ2n) is 4.77. The van der Waals surface area contributed by atoms with Gasteiger partial charge in [0, 0.05) is 11.1 Å². The van der Waals surface area contributed by atoms with Crippen LogP contribution < -0.4 is 0 Å². The van der Waals surface area contributed by atoms with E-state index in [1.165, 1.54) is 6.07 Å². The van der Waals surface area contributed by atoms with Gasteiger partial charge in [-0.15, -0.1) is 5.10 Å². The molecule has 0 atom stereocenters. The van der Waals surface area contributed by atoms with E-state index in [1.54, 1.807) is 28.9 Å². The van der Waals surface area contributed by atoms with Crippen molar-refractivity contribution >= 4 is 11.6 Å². The van der Waals surface area contributed by atoms with E-state index >= 15 is 0 Å². The summed E-state index contributed by atoms with van der Waals surface area (Å²) in [6, 6.07) is 13.7. The lowest BCUT2D eigenvalue weighted by Gasteiger charge is -2.10. The number of hydrogen-bond donors (Lipinski definition) is 1. The second-order valence-corrected chi connectivity index (χ2v) is 5.18. The van der Waals surface area contributed by atoms with E-state index in [0.717, 1.165) is 0 Å². The third-order valence-electron chi connectivity index (χ3n) is 3.36. The van der Waals surface area contributed by atoms with Gasteiger partial charge in [-0.3, -0.25) is 0 Å². The van der Waals surface area contributed by atoms with Gasteiger partial charge in [0.25, 0.3) is 0 Å². The van der Waals surface area contributed by atoms with Gasteiger partial charge in [0.1, 0.15) is 11.5 Å². The highest BCUT2D eigenvalue weighted by Crippen LogP contribution is 2.30. The number of aliphatic hydroxyl groups excluding tert-OH is 1. The van der Waals surface area contributed by atoms with Crippen LogP contribution >= 0.6 is 11.6 Å². The highest BCUT2D eigenvalue weighted by molar-refractivity contribution is 6.33. The van der Waals surface area contributed by atoms with Crippen LogP contribution in [0.1, 0.15) is 11.3 Å². The molecule has 3 aromatic rings. The Labute approximate surface area is 131 Å². The SMILES string of the molecule is OCc1nnn(Cc2ccccc2F)c1-c1ccccc1Cl. The molecule has 0 bridgehead atoms. The van der Waals surface area contributed by atoms with E-state index in [-0.39, 0.29) is 19.0 Å². The summed E-state index contributed by atoms with van der Waals surface area (Å²) in [5, 5.41) is 18.0. The Hall–Kier alpha value is -2.24. The molecule has 1 heterocycles. The number of aliphatic hydroxyl groups is 1. The Kier molecular flexibility index (Phi) is 4.18. The van der Waals surface area contributed by atoms with Crippen molar-refractivity contribution in [2.75, 3.05) is 0 Å². The van der Waals surface area contributed by atoms with Crippen molar-refractivity contribution in [3.05, 3.63) is 70.6 Å². The van der Waals surface area contributed by atoms with Crippen LogP contribution in [0.5, 0.6) is 0 Å². The van der Waals surface area contributed by atoms with Crippen LogP contribution in [-0.4, -0.2) is 20.1 Å². The second kappa shape index (κ2) is 6.25. The van der Waals surface area contributed by atoms with E-state index in [4.69, 9.17) is 11.6 Å². The summed E-state index contributed by atoms with van der Waals surface area (Å²) < 4.78 is 15.4. The maximum absolute atomic E-state index is 13.8. The number of hydrogen-bond acceptors (Lipinski definition) is 3. The summed E-state index contributed by atoms with van der Waals surface area (Å²) in [7, 11) is 0. The molecule has 0 unspecified atom stereocenters. The molecule has 3 rings (SSSR count). The summed E-state index contributed by atoms with van der Waals surface area (Å²) in [5.41, 5.74) is 2.19. The van der Waals surface area contributed by atoms with Gasteiger partial charge in [0.15, 0.2) is 0 Å². The predicted octanol–water partition coefficient (Wildman–Crippen LogP) is 3.28. The Bertz CT molecular complexity index is 804. The fourth-order valence-corrected chi connectivity index (χ4v) is 2.53. The zero-order valence-corrected chi connectivity index (χ0v) is 12.3. The Morgan fingerprint density at radius 1 is 1.09 bits per heavy atom. The molecule has 0 aliphatic rings. The third-order valence-corrected chi connectivity index (χ3v) is 3.69. The Balaban J connectivity index is 2.09. The fourth-order valence-electron chi connectivity index (χ4n) is 2.30. The van der Waals surface area contributed by atoms with Gasteiger partial charge in [-0.25, -0.2) is 9.07 Å². The smallest absolute Gasteiger partial charge is 0.128 e. The molecular weight excluding hydrogens is 305 g/mol. The van der Waals surface area contributed by atoms with Crippen LogP contribution in [0.25, 0.3) is 11.3 Å². The standard InChI is InChI=1S/C16H13ClFN3O/c17-13-7-3-2-6-12(13)16-15(10-22)19-20-21(16)9-11-5-1-4-8-14(11)18/h1-8,22H,9-10H2. The van der Waals surface area contributed by atoms with Crippen LogP contribution in [0, 0.1) is 5.82 Å². The highest BCUT2D eigenvalue weighted by Gasteiger charge is 2.17. The van der Waals surface area contributed by atoms with E-state index in [0.29, 0.717) is 27.5 Å². The molecule has 22 heavy (non-hydrogen) atoms. The molecule has 0 saturated carbocycles. The lowest BCUT2D eigenvalue weighted by Crippen LogP contribution is -2.06. The molecule has 112 valence electrons. The van der Waals surface area contributed by atoms with Gasteiger partial charge in [0.05, 0.1) is 23.9 Å². The topological polar surface area (TPSA) is 50.9 Å². The van der Waals surface area contributed by atoms with Crippen LogP contribution in [0.15, 0.2) is 48.5 Å². The largest absolute Gasteiger partial charge is 0.390 e. The molecule has 0 aliphatic carbocycles. The average Bonchev–Trinajstić information content (AvgIpc) is 2.93. The molecule has 1 aromatic heterocycles. The van der Waals surface area contributed by atoms with Gasteiger partial charge >= 0.3 is 0 Å². The lowest BCUT2D eigenvalue weighted by molar-refractivity contribution is 0.277. The minimum atomic E-state index is -0.311. The van der Waals surface area contributed by atoms with E-state index in [9.17, 15) is 9.50 Å². The monoisotopic (exact) mass is 317 g/mol. The summed E-state index contributed by atoms with van der Waals surface area (Å²) in [4.78, 5) is 0. The van der Waals surface area contributed by atoms with Crippen molar-refractivity contribution in [3.8, 4) is 11.3 Å². The predicted molar refractivity (Wildman–Crippen MR) is 81.9 cm³/mol. The fraction of sp³-hybridized carbons (Fsp3) is 0.125. The average molecular weight is 318 g/mol. The van der Waals surface area contributed by atoms with Crippen molar-refractivity contribution in [3.63, 3.8) is 0 Å². The molecule has 0 amide bonds. The highest BCUT2D eigenvalue weighted by atomic mass is 35.5. The Morgan fingerprint density at radius 3 is 2.55 bits per heavy atom. The summed E-state index contributed by atoms with van der Waals surface area (Å²) in [5.74, 6) is -0.311. The van der Waals surface area contributed by atoms with Crippen molar-refractivity contribution in [2.24, 2.45) is 0 Å². The molecule has 0 radical (unpaired) electrons. The summed E-state index contributed by atoms with van der Waals surface area (Å²) in [6.07, 6.45) is 0. The molecule has 0 spiro atoms.